The van der Waals surface area contributed by atoms with E-state index >= 15 is 0 Å². The number of hydrogen-bond donors (Lipinski definition) is 2. The predicted octanol–water partition coefficient (Wildman–Crippen LogP) is 2.89. The maximum absolute atomic E-state index is 5.83. The minimum Gasteiger partial charge on any atom is -0.492 e. The summed E-state index contributed by atoms with van der Waals surface area (Å²) in [5.74, 6) is 3.93. The highest BCUT2D eigenvalue weighted by Gasteiger charge is 2.19. The van der Waals surface area contributed by atoms with E-state index in [-0.39, 0.29) is 24.0 Å². The number of rotatable bonds is 9. The fraction of sp³-hybridized carbons (Fsp3) is 0.435. The number of furan rings is 1. The van der Waals surface area contributed by atoms with Crippen molar-refractivity contribution in [1.82, 2.24) is 30.3 Å². The average molecular weight is 565 g/mol. The van der Waals surface area contributed by atoms with Crippen LogP contribution in [0.15, 0.2) is 58.1 Å². The van der Waals surface area contributed by atoms with Crippen LogP contribution in [0, 0.1) is 0 Å². The fourth-order valence-electron chi connectivity index (χ4n) is 3.61. The zero-order valence-corrected chi connectivity index (χ0v) is 21.3. The Morgan fingerprint density at radius 3 is 2.70 bits per heavy atom. The van der Waals surface area contributed by atoms with E-state index in [4.69, 9.17) is 14.1 Å². The maximum atomic E-state index is 5.83. The minimum atomic E-state index is 0. The van der Waals surface area contributed by atoms with Crippen LogP contribution in [0.5, 0.6) is 5.75 Å². The molecule has 1 saturated heterocycles. The van der Waals surface area contributed by atoms with Crippen molar-refractivity contribution >= 4 is 29.9 Å². The number of halogens is 1. The molecule has 0 amide bonds. The molecule has 0 spiro atoms. The number of aromatic nitrogens is 3. The van der Waals surface area contributed by atoms with Crippen molar-refractivity contribution in [1.29, 1.82) is 0 Å². The van der Waals surface area contributed by atoms with Gasteiger partial charge in [-0.25, -0.2) is 4.98 Å². The van der Waals surface area contributed by atoms with Gasteiger partial charge in [-0.2, -0.15) is 5.10 Å². The van der Waals surface area contributed by atoms with Gasteiger partial charge in [0.15, 0.2) is 11.7 Å². The number of benzene rings is 1. The van der Waals surface area contributed by atoms with Crippen molar-refractivity contribution in [2.75, 3.05) is 52.4 Å². The van der Waals surface area contributed by atoms with Crippen molar-refractivity contribution in [3.8, 4) is 17.3 Å². The van der Waals surface area contributed by atoms with Crippen LogP contribution in [0.4, 0.5) is 0 Å². The molecule has 33 heavy (non-hydrogen) atoms. The lowest BCUT2D eigenvalue weighted by atomic mass is 10.3. The van der Waals surface area contributed by atoms with E-state index in [0.717, 1.165) is 56.8 Å². The van der Waals surface area contributed by atoms with Crippen LogP contribution in [-0.4, -0.2) is 83.4 Å². The third-order valence-electron chi connectivity index (χ3n) is 5.31. The van der Waals surface area contributed by atoms with Gasteiger partial charge >= 0.3 is 0 Å². The second-order valence-corrected chi connectivity index (χ2v) is 7.56. The summed E-state index contributed by atoms with van der Waals surface area (Å²) >= 11 is 0. The van der Waals surface area contributed by atoms with Gasteiger partial charge in [-0.1, -0.05) is 18.2 Å². The molecular weight excluding hydrogens is 533 g/mol. The first kappa shape index (κ1) is 25.0. The SMILES string of the molecule is CCNC(=NCCc1nc(-c2ccco2)n[nH]1)N1CCN(CCOc2ccccc2)CC1.I. The zero-order chi connectivity index (χ0) is 22.0. The molecule has 4 rings (SSSR count). The van der Waals surface area contributed by atoms with Crippen LogP contribution in [0.1, 0.15) is 12.7 Å². The summed E-state index contributed by atoms with van der Waals surface area (Å²) in [5.41, 5.74) is 0. The second kappa shape index (κ2) is 13.2. The van der Waals surface area contributed by atoms with Crippen LogP contribution in [-0.2, 0) is 6.42 Å². The molecule has 0 bridgehead atoms. The normalized spacial score (nSPS) is 14.7. The van der Waals surface area contributed by atoms with Gasteiger partial charge in [-0.15, -0.1) is 24.0 Å². The van der Waals surface area contributed by atoms with Crippen LogP contribution < -0.4 is 10.1 Å². The van der Waals surface area contributed by atoms with E-state index in [9.17, 15) is 0 Å². The lowest BCUT2D eigenvalue weighted by Gasteiger charge is -2.36. The Hall–Kier alpha value is -2.60. The number of para-hydroxylation sites is 1. The third-order valence-corrected chi connectivity index (χ3v) is 5.31. The molecule has 10 heteroatoms. The van der Waals surface area contributed by atoms with Crippen LogP contribution >= 0.6 is 24.0 Å². The highest BCUT2D eigenvalue weighted by atomic mass is 127. The predicted molar refractivity (Wildman–Crippen MR) is 139 cm³/mol. The molecule has 0 atom stereocenters. The average Bonchev–Trinajstić information content (AvgIpc) is 3.52. The molecule has 9 nitrogen and oxygen atoms in total. The number of H-pyrrole nitrogens is 1. The molecular formula is C23H32IN7O2. The quantitative estimate of drug-likeness (QED) is 0.234. The van der Waals surface area contributed by atoms with Crippen LogP contribution in [0.25, 0.3) is 11.6 Å². The largest absolute Gasteiger partial charge is 0.492 e. The summed E-state index contributed by atoms with van der Waals surface area (Å²) in [6.45, 7) is 9.10. The second-order valence-electron chi connectivity index (χ2n) is 7.56. The molecule has 2 aromatic heterocycles. The van der Waals surface area contributed by atoms with Gasteiger partial charge in [0, 0.05) is 52.2 Å². The molecule has 1 fully saturated rings. The third kappa shape index (κ3) is 7.46. The molecule has 1 aromatic carbocycles. The van der Waals surface area contributed by atoms with Gasteiger partial charge in [0.25, 0.3) is 0 Å². The van der Waals surface area contributed by atoms with Gasteiger partial charge < -0.3 is 19.4 Å². The Labute approximate surface area is 211 Å². The van der Waals surface area contributed by atoms with Crippen molar-refractivity contribution in [2.45, 2.75) is 13.3 Å². The van der Waals surface area contributed by atoms with Crippen LogP contribution in [0.3, 0.4) is 0 Å². The molecule has 0 saturated carbocycles. The Morgan fingerprint density at radius 2 is 1.97 bits per heavy atom. The fourth-order valence-corrected chi connectivity index (χ4v) is 3.61. The van der Waals surface area contributed by atoms with E-state index in [0.29, 0.717) is 31.2 Å². The summed E-state index contributed by atoms with van der Waals surface area (Å²) in [6, 6.07) is 13.7. The van der Waals surface area contributed by atoms with Crippen molar-refractivity contribution in [2.24, 2.45) is 4.99 Å². The van der Waals surface area contributed by atoms with E-state index < -0.39 is 0 Å². The summed E-state index contributed by atoms with van der Waals surface area (Å²) in [5, 5.41) is 10.6. The number of ether oxygens (including phenoxy) is 1. The zero-order valence-electron chi connectivity index (χ0n) is 18.9. The standard InChI is InChI=1S/C23H31N7O2.HI/c1-2-24-23(25-11-10-21-26-22(28-27-21)20-9-6-17-32-20)30-14-12-29(13-15-30)16-18-31-19-7-4-3-5-8-19;/h3-9,17H,2,10-16,18H2,1H3,(H,24,25)(H,26,27,28);1H. The maximum Gasteiger partial charge on any atom is 0.216 e. The topological polar surface area (TPSA) is 94.8 Å². The number of guanidine groups is 1. The van der Waals surface area contributed by atoms with Crippen molar-refractivity contribution < 1.29 is 9.15 Å². The summed E-state index contributed by atoms with van der Waals surface area (Å²) in [6.07, 6.45) is 2.31. The number of aliphatic imine (C=N–C) groups is 1. The van der Waals surface area contributed by atoms with Gasteiger partial charge in [-0.05, 0) is 31.2 Å². The molecule has 3 aromatic rings. The molecule has 0 unspecified atom stereocenters. The lowest BCUT2D eigenvalue weighted by Crippen LogP contribution is -2.53. The van der Waals surface area contributed by atoms with E-state index in [2.05, 4.69) is 37.2 Å². The van der Waals surface area contributed by atoms with Crippen LogP contribution in [0.2, 0.25) is 0 Å². The number of nitrogens with zero attached hydrogens (tertiary/aromatic N) is 5. The highest BCUT2D eigenvalue weighted by molar-refractivity contribution is 14.0. The molecule has 178 valence electrons. The number of piperazine rings is 1. The van der Waals surface area contributed by atoms with Gasteiger partial charge in [0.05, 0.1) is 6.26 Å². The van der Waals surface area contributed by atoms with E-state index in [1.54, 1.807) is 6.26 Å². The smallest absolute Gasteiger partial charge is 0.216 e. The Morgan fingerprint density at radius 1 is 1.15 bits per heavy atom. The molecule has 0 radical (unpaired) electrons. The molecule has 1 aliphatic rings. The minimum absolute atomic E-state index is 0. The Bertz CT molecular complexity index is 954. The summed E-state index contributed by atoms with van der Waals surface area (Å²) in [7, 11) is 0. The summed E-state index contributed by atoms with van der Waals surface area (Å²) < 4.78 is 11.2. The van der Waals surface area contributed by atoms with Crippen molar-refractivity contribution in [3.63, 3.8) is 0 Å². The number of nitrogens with one attached hydrogen (secondary N) is 2. The highest BCUT2D eigenvalue weighted by Crippen LogP contribution is 2.14. The Balaban J connectivity index is 0.00000306. The van der Waals surface area contributed by atoms with Crippen molar-refractivity contribution in [3.05, 3.63) is 54.6 Å². The first-order chi connectivity index (χ1) is 15.8. The molecule has 0 aliphatic carbocycles. The first-order valence-corrected chi connectivity index (χ1v) is 11.2. The van der Waals surface area contributed by atoms with Gasteiger partial charge in [-0.3, -0.25) is 15.0 Å². The lowest BCUT2D eigenvalue weighted by molar-refractivity contribution is 0.152. The molecule has 2 N–H and O–H groups in total. The summed E-state index contributed by atoms with van der Waals surface area (Å²) in [4.78, 5) is 14.1. The monoisotopic (exact) mass is 565 g/mol. The van der Waals surface area contributed by atoms with E-state index in [1.165, 1.54) is 0 Å². The first-order valence-electron chi connectivity index (χ1n) is 11.2. The molecule has 3 heterocycles. The Kier molecular flexibility index (Phi) is 10.0. The molecule has 1 aliphatic heterocycles. The number of aromatic amines is 1. The van der Waals surface area contributed by atoms with Gasteiger partial charge in [0.1, 0.15) is 18.2 Å². The number of hydrogen-bond acceptors (Lipinski definition) is 6. The van der Waals surface area contributed by atoms with Gasteiger partial charge in [0.2, 0.25) is 5.82 Å². The van der Waals surface area contributed by atoms with E-state index in [1.807, 2.05) is 42.5 Å².